The van der Waals surface area contributed by atoms with Gasteiger partial charge < -0.3 is 46.8 Å². The molecule has 5 aliphatic rings. The number of piperidine rings is 4. The lowest BCUT2D eigenvalue weighted by molar-refractivity contribution is -0.121. The molecule has 2 N–H and O–H groups in total. The fourth-order valence-electron chi connectivity index (χ4n) is 10.8. The molecule has 12 nitrogen and oxygen atoms in total. The minimum Gasteiger partial charge on any atom is -1.00 e. The summed E-state index contributed by atoms with van der Waals surface area (Å²) < 4.78 is 56.0. The number of likely N-dealkylation sites (tertiary alicyclic amines) is 3. The van der Waals surface area contributed by atoms with Crippen molar-refractivity contribution in [2.75, 3.05) is 58.5 Å². The van der Waals surface area contributed by atoms with Crippen molar-refractivity contribution >= 4 is 58.4 Å². The van der Waals surface area contributed by atoms with Crippen LogP contribution in [0.4, 0.5) is 17.6 Å². The summed E-state index contributed by atoms with van der Waals surface area (Å²) in [5.41, 5.74) is 3.14. The summed E-state index contributed by atoms with van der Waals surface area (Å²) in [6.07, 6.45) is 9.63. The SMILES string of the molecule is CC1OC12CCN(C(=O)c1ccc(F)cc1)CC2.CC=C1CCN(C(=O)c2ccc(F)cc2)CC1.CC[P+](c1ccccc1)(c1ccccc1)c1ccccc1.O=C(O)c1ccc(F)cc1.O=C1CCN(C(=O)c2ccc(F)cc2)CC1.O=C1CCNCC1.[Br-]. The van der Waals surface area contributed by atoms with E-state index in [1.54, 1.807) is 17.0 Å². The Balaban J connectivity index is 0.000000176. The van der Waals surface area contributed by atoms with Gasteiger partial charge in [0.25, 0.3) is 17.7 Å². The molecule has 3 amide bonds. The molecule has 0 radical (unpaired) electrons. The van der Waals surface area contributed by atoms with Gasteiger partial charge in [-0.1, -0.05) is 66.2 Å². The van der Waals surface area contributed by atoms with E-state index in [0.717, 1.165) is 96.1 Å². The van der Waals surface area contributed by atoms with Crippen molar-refractivity contribution < 1.29 is 73.2 Å². The number of carbonyl (C=O) groups is 6. The Labute approximate surface area is 536 Å². The molecule has 90 heavy (non-hydrogen) atoms. The predicted octanol–water partition coefficient (Wildman–Crippen LogP) is 9.33. The fraction of sp³-hybridized carbons (Fsp3) is 0.306. The number of hydrogen-bond acceptors (Lipinski definition) is 8. The number of nitrogens with zero attached hydrogens (tertiary/aromatic N) is 3. The zero-order chi connectivity index (χ0) is 63.8. The number of carboxylic acid groups (broad SMARTS) is 1. The van der Waals surface area contributed by atoms with E-state index >= 15 is 0 Å². The van der Waals surface area contributed by atoms with E-state index in [0.29, 0.717) is 54.5 Å². The van der Waals surface area contributed by atoms with Crippen LogP contribution in [0, 0.1) is 23.3 Å². The number of amides is 3. The van der Waals surface area contributed by atoms with Crippen LogP contribution in [0.2, 0.25) is 0 Å². The number of ether oxygens (including phenoxy) is 1. The lowest BCUT2D eigenvalue weighted by Crippen LogP contribution is -3.00. The van der Waals surface area contributed by atoms with Gasteiger partial charge in [0.05, 0.1) is 23.4 Å². The molecule has 5 fully saturated rings. The van der Waals surface area contributed by atoms with Crippen LogP contribution < -0.4 is 38.2 Å². The van der Waals surface area contributed by atoms with Crippen molar-refractivity contribution in [2.45, 2.75) is 83.8 Å². The smallest absolute Gasteiger partial charge is 0.335 e. The van der Waals surface area contributed by atoms with E-state index in [9.17, 15) is 46.3 Å². The number of nitrogens with one attached hydrogen (secondary N) is 1. The second-order valence-corrected chi connectivity index (χ2v) is 25.7. The van der Waals surface area contributed by atoms with E-state index in [-0.39, 0.29) is 69.1 Å². The maximum Gasteiger partial charge on any atom is 0.335 e. The monoisotopic (exact) mass is 1310 g/mol. The molecule has 0 aliphatic carbocycles. The number of hydrogen-bond donors (Lipinski definition) is 2. The van der Waals surface area contributed by atoms with Gasteiger partial charge in [-0.3, -0.25) is 24.0 Å². The summed E-state index contributed by atoms with van der Waals surface area (Å²) in [7, 11) is -1.53. The van der Waals surface area contributed by atoms with Crippen LogP contribution in [-0.2, 0) is 14.3 Å². The summed E-state index contributed by atoms with van der Waals surface area (Å²) in [6, 6.07) is 54.6. The van der Waals surface area contributed by atoms with Gasteiger partial charge in [-0.15, -0.1) is 0 Å². The van der Waals surface area contributed by atoms with Gasteiger partial charge in [0.2, 0.25) is 0 Å². The van der Waals surface area contributed by atoms with Crippen LogP contribution >= 0.6 is 7.26 Å². The molecule has 1 spiro atoms. The van der Waals surface area contributed by atoms with Gasteiger partial charge >= 0.3 is 5.97 Å². The lowest BCUT2D eigenvalue weighted by Gasteiger charge is -2.30. The van der Waals surface area contributed by atoms with Crippen molar-refractivity contribution in [3.05, 3.63) is 245 Å². The van der Waals surface area contributed by atoms with Gasteiger partial charge in [-0.2, -0.15) is 0 Å². The molecule has 474 valence electrons. The summed E-state index contributed by atoms with van der Waals surface area (Å²) >= 11 is 0. The first-order valence-electron chi connectivity index (χ1n) is 30.2. The van der Waals surface area contributed by atoms with Gasteiger partial charge in [-0.05, 0) is 180 Å². The van der Waals surface area contributed by atoms with Crippen LogP contribution in [0.5, 0.6) is 0 Å². The molecule has 0 aromatic heterocycles. The highest BCUT2D eigenvalue weighted by molar-refractivity contribution is 7.95. The number of benzene rings is 7. The van der Waals surface area contributed by atoms with E-state index < -0.39 is 19.0 Å². The Morgan fingerprint density at radius 2 is 0.800 bits per heavy atom. The summed E-state index contributed by atoms with van der Waals surface area (Å²) in [4.78, 5) is 73.1. The maximum absolute atomic E-state index is 12.8. The molecule has 1 atom stereocenters. The first-order valence-corrected chi connectivity index (χ1v) is 32.2. The number of epoxide rings is 1. The molecule has 5 saturated heterocycles. The van der Waals surface area contributed by atoms with Crippen molar-refractivity contribution in [2.24, 2.45) is 0 Å². The second-order valence-electron chi connectivity index (χ2n) is 21.9. The summed E-state index contributed by atoms with van der Waals surface area (Å²) in [6.45, 7) is 12.1. The molecular formula is C72H78BrF4N4O8P. The Morgan fingerprint density at radius 1 is 0.500 bits per heavy atom. The molecule has 12 rings (SSSR count). The molecule has 0 bridgehead atoms. The molecule has 18 heteroatoms. The number of ketones is 2. The Kier molecular flexibility index (Phi) is 28.0. The van der Waals surface area contributed by atoms with Crippen LogP contribution in [-0.4, -0.2) is 125 Å². The number of Topliss-reactive ketones (excluding diaryl/α,β-unsaturated/α-hetero) is 2. The summed E-state index contributed by atoms with van der Waals surface area (Å²) in [5.74, 6) is -2.00. The number of allylic oxidation sites excluding steroid dienone is 1. The van der Waals surface area contributed by atoms with E-state index in [1.807, 2.05) is 16.7 Å². The van der Waals surface area contributed by atoms with Crippen LogP contribution in [0.15, 0.2) is 200 Å². The largest absolute Gasteiger partial charge is 1.00 e. The molecule has 1 unspecified atom stereocenters. The Hall–Kier alpha value is -7.95. The van der Waals surface area contributed by atoms with Crippen LogP contribution in [0.3, 0.4) is 0 Å². The van der Waals surface area contributed by atoms with Crippen LogP contribution in [0.1, 0.15) is 114 Å². The average molecular weight is 1310 g/mol. The minimum absolute atomic E-state index is 0. The molecule has 5 heterocycles. The quantitative estimate of drug-likeness (QED) is 0.0655. The van der Waals surface area contributed by atoms with Crippen molar-refractivity contribution in [3.63, 3.8) is 0 Å². The Morgan fingerprint density at radius 3 is 1.08 bits per heavy atom. The first kappa shape index (κ1) is 71.1. The third-order valence-corrected chi connectivity index (χ3v) is 20.8. The zero-order valence-corrected chi connectivity index (χ0v) is 53.5. The lowest BCUT2D eigenvalue weighted by atomic mass is 9.93. The van der Waals surface area contributed by atoms with Crippen molar-refractivity contribution in [1.82, 2.24) is 20.0 Å². The van der Waals surface area contributed by atoms with Gasteiger partial charge in [0, 0.05) is 94.7 Å². The number of halogens is 5. The number of carboxylic acids is 1. The minimum atomic E-state index is -1.53. The highest BCUT2D eigenvalue weighted by atomic mass is 79.9. The highest BCUT2D eigenvalue weighted by Gasteiger charge is 2.54. The number of carbonyl (C=O) groups excluding carboxylic acids is 5. The molecule has 7 aromatic carbocycles. The van der Waals surface area contributed by atoms with Crippen molar-refractivity contribution in [1.29, 1.82) is 0 Å². The molecule has 0 saturated carbocycles. The highest BCUT2D eigenvalue weighted by Crippen LogP contribution is 2.54. The van der Waals surface area contributed by atoms with E-state index in [2.05, 4.69) is 116 Å². The van der Waals surface area contributed by atoms with E-state index in [4.69, 9.17) is 9.84 Å². The third kappa shape index (κ3) is 20.5. The number of rotatable bonds is 8. The van der Waals surface area contributed by atoms with E-state index in [1.165, 1.54) is 94.3 Å². The fourth-order valence-corrected chi connectivity index (χ4v) is 14.9. The predicted molar refractivity (Wildman–Crippen MR) is 343 cm³/mol. The summed E-state index contributed by atoms with van der Waals surface area (Å²) in [5, 5.41) is 15.8. The third-order valence-electron chi connectivity index (χ3n) is 16.3. The number of aromatic carboxylic acids is 1. The standard InChI is InChI=1S/C20H20P.C14H16FNO2.C14H16FNO.C12H12FNO2.C7H5FO2.C5H9NO.BrH/c1-2-21(18-12-6-3-7-13-18,19-14-8-4-9-15-19)20-16-10-5-11-17-20;1-10-14(18-10)6-8-16(9-7-14)13(17)11-2-4-12(15)5-3-11;1-2-11-7-9-16(10-8-11)14(17)12-3-5-13(15)6-4-12;13-10-3-1-9(2-4-10)12(16)14-7-5-11(15)6-8-14;8-6-3-1-5(2-4-6)7(9)10;7-5-1-3-6-4-2-5;/h3-17H,2H2,1H3;2-5,10H,6-9H2,1H3;2-6H,7-10H2,1H3;1-4H,5-8H2;1-4H,(H,9,10);6H,1-4H2;1H/q+1;;;;;;/p-1. The Bertz CT molecular complexity index is 3330. The molecule has 5 aliphatic heterocycles. The topological polar surface area (TPSA) is 157 Å². The second kappa shape index (κ2) is 35.4. The molecule has 7 aromatic rings. The zero-order valence-electron chi connectivity index (χ0n) is 51.1. The van der Waals surface area contributed by atoms with Gasteiger partial charge in [-0.25, -0.2) is 22.4 Å². The maximum atomic E-state index is 12.8. The molecular weight excluding hydrogens is 1240 g/mol. The normalized spacial score (nSPS) is 16.4. The first-order chi connectivity index (χ1) is 42.9. The average Bonchev–Trinajstić information content (AvgIpc) is 1.39. The van der Waals surface area contributed by atoms with Gasteiger partial charge in [0.15, 0.2) is 0 Å². The van der Waals surface area contributed by atoms with Gasteiger partial charge in [0.1, 0.15) is 58.0 Å². The van der Waals surface area contributed by atoms with Crippen LogP contribution in [0.25, 0.3) is 0 Å². The van der Waals surface area contributed by atoms with Crippen molar-refractivity contribution in [3.8, 4) is 0 Å².